The molecule has 1 N–H and O–H groups in total. The Labute approximate surface area is 123 Å². The summed E-state index contributed by atoms with van der Waals surface area (Å²) in [5, 5.41) is 10.8. The predicted octanol–water partition coefficient (Wildman–Crippen LogP) is 3.16. The van der Waals surface area contributed by atoms with Crippen LogP contribution in [-0.2, 0) is 10.0 Å². The second-order valence-electron chi connectivity index (χ2n) is 3.84. The van der Waals surface area contributed by atoms with Crippen LogP contribution in [0, 0.1) is 10.1 Å². The van der Waals surface area contributed by atoms with Crippen LogP contribution < -0.4 is 4.72 Å². The molecule has 0 unspecified atom stereocenters. The summed E-state index contributed by atoms with van der Waals surface area (Å²) in [6.45, 7) is 0. The van der Waals surface area contributed by atoms with Crippen LogP contribution in [0.15, 0.2) is 57.9 Å². The Bertz CT molecular complexity index is 747. The Kier molecular flexibility index (Phi) is 4.05. The number of nitro benzene ring substituents is 1. The van der Waals surface area contributed by atoms with Crippen molar-refractivity contribution >= 4 is 37.3 Å². The van der Waals surface area contributed by atoms with Gasteiger partial charge in [0, 0.05) is 11.8 Å². The first-order chi connectivity index (χ1) is 9.40. The molecule has 104 valence electrons. The SMILES string of the molecule is O=[N+]([O-])c1cc(S(=O)(=O)Nc2ccccc2)ccc1Br. The summed E-state index contributed by atoms with van der Waals surface area (Å²) in [5.74, 6) is 0. The average Bonchev–Trinajstić information content (AvgIpc) is 2.39. The zero-order valence-electron chi connectivity index (χ0n) is 9.99. The van der Waals surface area contributed by atoms with Gasteiger partial charge < -0.3 is 0 Å². The molecule has 20 heavy (non-hydrogen) atoms. The molecule has 0 aliphatic rings. The van der Waals surface area contributed by atoms with Crippen molar-refractivity contribution in [1.29, 1.82) is 0 Å². The van der Waals surface area contributed by atoms with Crippen LogP contribution in [0.1, 0.15) is 0 Å². The van der Waals surface area contributed by atoms with Crippen LogP contribution in [0.2, 0.25) is 0 Å². The van der Waals surface area contributed by atoms with Crippen LogP contribution in [-0.4, -0.2) is 13.3 Å². The van der Waals surface area contributed by atoms with E-state index >= 15 is 0 Å². The van der Waals surface area contributed by atoms with Gasteiger partial charge in [-0.3, -0.25) is 14.8 Å². The van der Waals surface area contributed by atoms with Crippen molar-refractivity contribution in [1.82, 2.24) is 0 Å². The fourth-order valence-corrected chi connectivity index (χ4v) is 2.99. The maximum atomic E-state index is 12.1. The molecule has 2 aromatic rings. The summed E-state index contributed by atoms with van der Waals surface area (Å²) in [4.78, 5) is 10.0. The normalized spacial score (nSPS) is 11.1. The number of nitrogens with zero attached hydrogens (tertiary/aromatic N) is 1. The zero-order valence-corrected chi connectivity index (χ0v) is 12.4. The Morgan fingerprint density at radius 3 is 2.35 bits per heavy atom. The average molecular weight is 357 g/mol. The number of nitro groups is 1. The van der Waals surface area contributed by atoms with Crippen LogP contribution in [0.3, 0.4) is 0 Å². The second kappa shape index (κ2) is 5.59. The number of halogens is 1. The number of hydrogen-bond donors (Lipinski definition) is 1. The summed E-state index contributed by atoms with van der Waals surface area (Å²) in [6.07, 6.45) is 0. The number of rotatable bonds is 4. The van der Waals surface area contributed by atoms with Gasteiger partial charge in [-0.2, -0.15) is 0 Å². The van der Waals surface area contributed by atoms with Gasteiger partial charge in [-0.05, 0) is 40.2 Å². The Balaban J connectivity index is 2.40. The highest BCUT2D eigenvalue weighted by atomic mass is 79.9. The monoisotopic (exact) mass is 356 g/mol. The van der Waals surface area contributed by atoms with Crippen molar-refractivity contribution in [3.8, 4) is 0 Å². The molecule has 0 aliphatic carbocycles. The molecule has 0 saturated carbocycles. The van der Waals surface area contributed by atoms with Crippen molar-refractivity contribution in [3.05, 3.63) is 63.1 Å². The number of sulfonamides is 1. The minimum atomic E-state index is -3.86. The van der Waals surface area contributed by atoms with E-state index in [4.69, 9.17) is 0 Å². The van der Waals surface area contributed by atoms with Gasteiger partial charge in [-0.15, -0.1) is 0 Å². The van der Waals surface area contributed by atoms with E-state index < -0.39 is 14.9 Å². The maximum Gasteiger partial charge on any atom is 0.284 e. The van der Waals surface area contributed by atoms with E-state index in [9.17, 15) is 18.5 Å². The van der Waals surface area contributed by atoms with Crippen molar-refractivity contribution < 1.29 is 13.3 Å². The molecule has 0 atom stereocenters. The molecule has 2 rings (SSSR count). The molecular formula is C12H9BrN2O4S. The van der Waals surface area contributed by atoms with Crippen LogP contribution in [0.25, 0.3) is 0 Å². The number of hydrogen-bond acceptors (Lipinski definition) is 4. The van der Waals surface area contributed by atoms with Gasteiger partial charge in [0.2, 0.25) is 0 Å². The molecule has 6 nitrogen and oxygen atoms in total. The zero-order chi connectivity index (χ0) is 14.8. The highest BCUT2D eigenvalue weighted by Gasteiger charge is 2.20. The van der Waals surface area contributed by atoms with Crippen molar-refractivity contribution in [2.45, 2.75) is 4.90 Å². The third kappa shape index (κ3) is 3.14. The lowest BCUT2D eigenvalue weighted by atomic mass is 10.3. The maximum absolute atomic E-state index is 12.1. The van der Waals surface area contributed by atoms with Gasteiger partial charge in [0.25, 0.3) is 15.7 Å². The largest absolute Gasteiger partial charge is 0.284 e. The fourth-order valence-electron chi connectivity index (χ4n) is 1.52. The standard InChI is InChI=1S/C12H9BrN2O4S/c13-11-7-6-10(8-12(11)15(16)17)20(18,19)14-9-4-2-1-3-5-9/h1-8,14H. The van der Waals surface area contributed by atoms with Crippen LogP contribution >= 0.6 is 15.9 Å². The van der Waals surface area contributed by atoms with Gasteiger partial charge in [0.15, 0.2) is 0 Å². The van der Waals surface area contributed by atoms with Gasteiger partial charge >= 0.3 is 0 Å². The number of anilines is 1. The summed E-state index contributed by atoms with van der Waals surface area (Å²) in [5.41, 5.74) is 0.0824. The molecule has 8 heteroatoms. The van der Waals surface area contributed by atoms with E-state index in [0.29, 0.717) is 5.69 Å². The Hall–Kier alpha value is -1.93. The Morgan fingerprint density at radius 2 is 1.75 bits per heavy atom. The highest BCUT2D eigenvalue weighted by Crippen LogP contribution is 2.28. The number of benzene rings is 2. The van der Waals surface area contributed by atoms with E-state index in [-0.39, 0.29) is 15.1 Å². The fraction of sp³-hybridized carbons (Fsp3) is 0. The topological polar surface area (TPSA) is 89.3 Å². The molecule has 0 aliphatic heterocycles. The summed E-state index contributed by atoms with van der Waals surface area (Å²) >= 11 is 3.01. The lowest BCUT2D eigenvalue weighted by molar-refractivity contribution is -0.385. The summed E-state index contributed by atoms with van der Waals surface area (Å²) in [7, 11) is -3.86. The lowest BCUT2D eigenvalue weighted by Crippen LogP contribution is -2.13. The van der Waals surface area contributed by atoms with Gasteiger partial charge in [-0.1, -0.05) is 18.2 Å². The van der Waals surface area contributed by atoms with E-state index in [0.717, 1.165) is 6.07 Å². The van der Waals surface area contributed by atoms with Crippen LogP contribution in [0.5, 0.6) is 0 Å². The minimum Gasteiger partial charge on any atom is -0.280 e. The summed E-state index contributed by atoms with van der Waals surface area (Å²) < 4.78 is 26.9. The van der Waals surface area contributed by atoms with Crippen molar-refractivity contribution in [3.63, 3.8) is 0 Å². The first-order valence-electron chi connectivity index (χ1n) is 5.42. The molecule has 0 spiro atoms. The molecule has 2 aromatic carbocycles. The highest BCUT2D eigenvalue weighted by molar-refractivity contribution is 9.10. The van der Waals surface area contributed by atoms with Gasteiger partial charge in [-0.25, -0.2) is 8.42 Å². The molecular weight excluding hydrogens is 348 g/mol. The van der Waals surface area contributed by atoms with Gasteiger partial charge in [0.1, 0.15) is 0 Å². The molecule has 0 fully saturated rings. The second-order valence-corrected chi connectivity index (χ2v) is 6.38. The van der Waals surface area contributed by atoms with E-state index in [1.54, 1.807) is 30.3 Å². The quantitative estimate of drug-likeness (QED) is 0.672. The Morgan fingerprint density at radius 1 is 1.10 bits per heavy atom. The number of para-hydroxylation sites is 1. The van der Waals surface area contributed by atoms with Crippen LogP contribution in [0.4, 0.5) is 11.4 Å². The number of nitrogens with one attached hydrogen (secondary N) is 1. The van der Waals surface area contributed by atoms with E-state index in [1.165, 1.54) is 12.1 Å². The van der Waals surface area contributed by atoms with E-state index in [2.05, 4.69) is 20.7 Å². The third-order valence-corrected chi connectivity index (χ3v) is 4.50. The predicted molar refractivity (Wildman–Crippen MR) is 78.0 cm³/mol. The van der Waals surface area contributed by atoms with Gasteiger partial charge in [0.05, 0.1) is 14.3 Å². The molecule has 0 radical (unpaired) electrons. The molecule has 0 amide bonds. The first-order valence-corrected chi connectivity index (χ1v) is 7.69. The summed E-state index contributed by atoms with van der Waals surface area (Å²) in [6, 6.07) is 11.9. The molecule has 0 saturated heterocycles. The molecule has 0 heterocycles. The first kappa shape index (κ1) is 14.5. The third-order valence-electron chi connectivity index (χ3n) is 2.45. The van der Waals surface area contributed by atoms with Crippen molar-refractivity contribution in [2.24, 2.45) is 0 Å². The lowest BCUT2D eigenvalue weighted by Gasteiger charge is -2.08. The smallest absolute Gasteiger partial charge is 0.280 e. The molecule has 0 aromatic heterocycles. The van der Waals surface area contributed by atoms with E-state index in [1.807, 2.05) is 0 Å². The molecule has 0 bridgehead atoms. The minimum absolute atomic E-state index is 0.170. The van der Waals surface area contributed by atoms with Crippen molar-refractivity contribution in [2.75, 3.05) is 4.72 Å².